The quantitative estimate of drug-likeness (QED) is 0.737. The molecule has 0 aliphatic heterocycles. The van der Waals surface area contributed by atoms with Crippen molar-refractivity contribution < 1.29 is 0 Å². The van der Waals surface area contributed by atoms with E-state index in [0.717, 1.165) is 0 Å². The second-order valence-corrected chi connectivity index (χ2v) is 6.38. The molecule has 2 heteroatoms. The van der Waals surface area contributed by atoms with E-state index in [4.69, 9.17) is 0 Å². The van der Waals surface area contributed by atoms with E-state index in [1.165, 1.54) is 46.0 Å². The topological polar surface area (TPSA) is 12.0 Å². The first-order valence-electron chi connectivity index (χ1n) is 7.68. The van der Waals surface area contributed by atoms with Crippen molar-refractivity contribution in [2.24, 2.45) is 0 Å². The molecule has 1 unspecified atom stereocenters. The number of aryl methyl sites for hydroxylation is 1. The Bertz CT molecular complexity index is 575. The maximum atomic E-state index is 3.63. The lowest BCUT2D eigenvalue weighted by Gasteiger charge is -2.20. The standard InChI is InChI=1S/C19H24BrN/c1-4-5-7-15-10-12-16(13-11-15)19(21-3)17-8-6-9-18(20)14(17)2/h6,8-13,19,21H,4-5,7H2,1-3H3. The molecule has 0 aliphatic carbocycles. The second-order valence-electron chi connectivity index (χ2n) is 5.52. The first-order valence-corrected chi connectivity index (χ1v) is 8.47. The number of hydrogen-bond donors (Lipinski definition) is 1. The van der Waals surface area contributed by atoms with Crippen molar-refractivity contribution in [1.82, 2.24) is 5.32 Å². The van der Waals surface area contributed by atoms with Crippen molar-refractivity contribution in [1.29, 1.82) is 0 Å². The van der Waals surface area contributed by atoms with Gasteiger partial charge in [0.1, 0.15) is 0 Å². The molecule has 2 aromatic rings. The van der Waals surface area contributed by atoms with Crippen molar-refractivity contribution in [3.8, 4) is 0 Å². The van der Waals surface area contributed by atoms with Crippen molar-refractivity contribution in [3.63, 3.8) is 0 Å². The van der Waals surface area contributed by atoms with Crippen LogP contribution in [0.3, 0.4) is 0 Å². The third-order valence-corrected chi connectivity index (χ3v) is 4.90. The largest absolute Gasteiger partial charge is 0.309 e. The van der Waals surface area contributed by atoms with Crippen molar-refractivity contribution in [3.05, 3.63) is 69.2 Å². The minimum Gasteiger partial charge on any atom is -0.309 e. The lowest BCUT2D eigenvalue weighted by molar-refractivity contribution is 0.686. The fraction of sp³-hybridized carbons (Fsp3) is 0.368. The molecule has 0 radical (unpaired) electrons. The van der Waals surface area contributed by atoms with Gasteiger partial charge >= 0.3 is 0 Å². The van der Waals surface area contributed by atoms with Crippen LogP contribution >= 0.6 is 15.9 Å². The third-order valence-electron chi connectivity index (χ3n) is 4.04. The van der Waals surface area contributed by atoms with E-state index in [-0.39, 0.29) is 6.04 Å². The van der Waals surface area contributed by atoms with E-state index in [2.05, 4.69) is 77.6 Å². The molecular weight excluding hydrogens is 322 g/mol. The van der Waals surface area contributed by atoms with Crippen LogP contribution in [0.15, 0.2) is 46.9 Å². The van der Waals surface area contributed by atoms with Crippen LogP contribution in [0.1, 0.15) is 48.1 Å². The molecule has 0 aromatic heterocycles. The van der Waals surface area contributed by atoms with Crippen molar-refractivity contribution in [2.75, 3.05) is 7.05 Å². The maximum absolute atomic E-state index is 3.63. The number of benzene rings is 2. The van der Waals surface area contributed by atoms with Crippen LogP contribution < -0.4 is 5.32 Å². The van der Waals surface area contributed by atoms with Gasteiger partial charge in [0.05, 0.1) is 6.04 Å². The zero-order valence-corrected chi connectivity index (χ0v) is 14.7. The smallest absolute Gasteiger partial charge is 0.0577 e. The molecule has 1 N–H and O–H groups in total. The van der Waals surface area contributed by atoms with Gasteiger partial charge in [0, 0.05) is 4.47 Å². The molecule has 0 saturated heterocycles. The normalized spacial score (nSPS) is 12.4. The lowest BCUT2D eigenvalue weighted by atomic mass is 9.94. The van der Waals surface area contributed by atoms with Crippen LogP contribution in [0.25, 0.3) is 0 Å². The molecule has 0 heterocycles. The number of nitrogens with one attached hydrogen (secondary N) is 1. The Labute approximate surface area is 136 Å². The Morgan fingerprint density at radius 1 is 1.10 bits per heavy atom. The fourth-order valence-corrected chi connectivity index (χ4v) is 3.08. The Balaban J connectivity index is 2.27. The van der Waals surface area contributed by atoms with Crippen LogP contribution in [0.5, 0.6) is 0 Å². The molecule has 0 saturated carbocycles. The second kappa shape index (κ2) is 7.77. The van der Waals surface area contributed by atoms with Crippen LogP contribution in [0.4, 0.5) is 0 Å². The Kier molecular flexibility index (Phi) is 6.01. The van der Waals surface area contributed by atoms with Gasteiger partial charge in [0.2, 0.25) is 0 Å². The molecule has 0 spiro atoms. The van der Waals surface area contributed by atoms with E-state index in [0.29, 0.717) is 0 Å². The highest BCUT2D eigenvalue weighted by Gasteiger charge is 2.15. The van der Waals surface area contributed by atoms with Gasteiger partial charge in [0.15, 0.2) is 0 Å². The van der Waals surface area contributed by atoms with Gasteiger partial charge in [-0.3, -0.25) is 0 Å². The molecule has 0 bridgehead atoms. The van der Waals surface area contributed by atoms with Crippen LogP contribution in [-0.4, -0.2) is 7.05 Å². The van der Waals surface area contributed by atoms with E-state index < -0.39 is 0 Å². The van der Waals surface area contributed by atoms with Gasteiger partial charge in [-0.2, -0.15) is 0 Å². The maximum Gasteiger partial charge on any atom is 0.0577 e. The van der Waals surface area contributed by atoms with Gasteiger partial charge in [-0.1, -0.05) is 65.7 Å². The highest BCUT2D eigenvalue weighted by molar-refractivity contribution is 9.10. The monoisotopic (exact) mass is 345 g/mol. The summed E-state index contributed by atoms with van der Waals surface area (Å²) < 4.78 is 1.17. The minimum absolute atomic E-state index is 0.239. The van der Waals surface area contributed by atoms with Crippen LogP contribution in [0.2, 0.25) is 0 Å². The highest BCUT2D eigenvalue weighted by atomic mass is 79.9. The summed E-state index contributed by atoms with van der Waals surface area (Å²) in [6, 6.07) is 15.7. The molecule has 0 fully saturated rings. The van der Waals surface area contributed by atoms with Crippen LogP contribution in [-0.2, 0) is 6.42 Å². The first kappa shape index (κ1) is 16.3. The summed E-state index contributed by atoms with van der Waals surface area (Å²) >= 11 is 3.63. The SMILES string of the molecule is CCCCc1ccc(C(NC)c2cccc(Br)c2C)cc1. The Morgan fingerprint density at radius 3 is 2.43 bits per heavy atom. The average molecular weight is 346 g/mol. The fourth-order valence-electron chi connectivity index (χ4n) is 2.70. The summed E-state index contributed by atoms with van der Waals surface area (Å²) in [5, 5.41) is 3.44. The summed E-state index contributed by atoms with van der Waals surface area (Å²) in [4.78, 5) is 0. The molecule has 0 aliphatic rings. The molecule has 112 valence electrons. The van der Waals surface area contributed by atoms with E-state index in [1.807, 2.05) is 7.05 Å². The van der Waals surface area contributed by atoms with Gasteiger partial charge < -0.3 is 5.32 Å². The predicted octanol–water partition coefficient (Wildman–Crippen LogP) is 5.41. The van der Waals surface area contributed by atoms with Gasteiger partial charge in [0.25, 0.3) is 0 Å². The predicted molar refractivity (Wildman–Crippen MR) is 94.8 cm³/mol. The van der Waals surface area contributed by atoms with E-state index >= 15 is 0 Å². The molecule has 1 nitrogen and oxygen atoms in total. The summed E-state index contributed by atoms with van der Waals surface area (Å²) in [5.74, 6) is 0. The zero-order valence-electron chi connectivity index (χ0n) is 13.1. The van der Waals surface area contributed by atoms with E-state index in [9.17, 15) is 0 Å². The molecule has 1 atom stereocenters. The summed E-state index contributed by atoms with van der Waals surface area (Å²) in [6.07, 6.45) is 3.69. The first-order chi connectivity index (χ1) is 10.2. The number of halogens is 1. The lowest BCUT2D eigenvalue weighted by Crippen LogP contribution is -2.18. The Hall–Kier alpha value is -1.12. The highest BCUT2D eigenvalue weighted by Crippen LogP contribution is 2.29. The zero-order chi connectivity index (χ0) is 15.2. The average Bonchev–Trinajstić information content (AvgIpc) is 2.51. The van der Waals surface area contributed by atoms with E-state index in [1.54, 1.807) is 0 Å². The van der Waals surface area contributed by atoms with Gasteiger partial charge in [-0.15, -0.1) is 0 Å². The molecule has 2 aromatic carbocycles. The molecule has 0 amide bonds. The number of unbranched alkanes of at least 4 members (excludes halogenated alkanes) is 1. The molecule has 2 rings (SSSR count). The number of hydrogen-bond acceptors (Lipinski definition) is 1. The third kappa shape index (κ3) is 3.96. The van der Waals surface area contributed by atoms with Crippen LogP contribution in [0, 0.1) is 6.92 Å². The number of rotatable bonds is 6. The van der Waals surface area contributed by atoms with Crippen molar-refractivity contribution in [2.45, 2.75) is 39.2 Å². The molecule has 21 heavy (non-hydrogen) atoms. The summed E-state index contributed by atoms with van der Waals surface area (Å²) in [5.41, 5.74) is 5.38. The molecular formula is C19H24BrN. The van der Waals surface area contributed by atoms with Crippen molar-refractivity contribution >= 4 is 15.9 Å². The van der Waals surface area contributed by atoms with Gasteiger partial charge in [-0.25, -0.2) is 0 Å². The summed E-state index contributed by atoms with van der Waals surface area (Å²) in [6.45, 7) is 4.40. The van der Waals surface area contributed by atoms with Gasteiger partial charge in [-0.05, 0) is 55.1 Å². The summed E-state index contributed by atoms with van der Waals surface area (Å²) in [7, 11) is 2.02. The minimum atomic E-state index is 0.239. The Morgan fingerprint density at radius 2 is 1.81 bits per heavy atom.